The van der Waals surface area contributed by atoms with E-state index in [9.17, 15) is 4.79 Å². The molecule has 2 aromatic rings. The third kappa shape index (κ3) is 4.22. The van der Waals surface area contributed by atoms with Gasteiger partial charge in [0.1, 0.15) is 4.88 Å². The number of fused-ring (bicyclic) bond motifs is 1. The minimum absolute atomic E-state index is 0.0704. The van der Waals surface area contributed by atoms with Crippen molar-refractivity contribution in [1.82, 2.24) is 14.7 Å². The van der Waals surface area contributed by atoms with E-state index in [-0.39, 0.29) is 5.91 Å². The molecule has 1 fully saturated rings. The van der Waals surface area contributed by atoms with E-state index >= 15 is 0 Å². The predicted octanol–water partition coefficient (Wildman–Crippen LogP) is 4.04. The molecule has 1 aliphatic heterocycles. The van der Waals surface area contributed by atoms with E-state index < -0.39 is 0 Å². The number of nitrogens with zero attached hydrogens (tertiary/aromatic N) is 3. The van der Waals surface area contributed by atoms with Crippen LogP contribution in [0.15, 0.2) is 24.3 Å². The number of carbonyl (C=O) groups is 1. The molecule has 0 unspecified atom stereocenters. The lowest BCUT2D eigenvalue weighted by atomic mass is 10.2. The zero-order valence-corrected chi connectivity index (χ0v) is 17.4. The molecule has 1 aromatic carbocycles. The molecular weight excluding hydrogens is 366 g/mol. The summed E-state index contributed by atoms with van der Waals surface area (Å²) in [6.07, 6.45) is 2.39. The fraction of sp³-hybridized carbons (Fsp3) is 0.550. The van der Waals surface area contributed by atoms with Crippen LogP contribution < -0.4 is 0 Å². The average Bonchev–Trinajstić information content (AvgIpc) is 3.22. The average molecular weight is 394 g/mol. The SMILES string of the molecule is CCN1CCC[C@@H]1CN(CCN(C)C)C(=O)c1sc2ccccc2c1Cl. The number of likely N-dealkylation sites (tertiary alicyclic amines) is 1. The second-order valence-electron chi connectivity index (χ2n) is 7.22. The normalized spacial score (nSPS) is 18.1. The topological polar surface area (TPSA) is 26.8 Å². The van der Waals surface area contributed by atoms with Crippen molar-refractivity contribution in [3.8, 4) is 0 Å². The summed E-state index contributed by atoms with van der Waals surface area (Å²) in [5.41, 5.74) is 0. The van der Waals surface area contributed by atoms with Crippen LogP contribution >= 0.6 is 22.9 Å². The molecule has 6 heteroatoms. The zero-order chi connectivity index (χ0) is 18.7. The number of thiophene rings is 1. The highest BCUT2D eigenvalue weighted by Crippen LogP contribution is 2.36. The molecule has 1 atom stereocenters. The van der Waals surface area contributed by atoms with Crippen LogP contribution in [0.5, 0.6) is 0 Å². The molecule has 0 spiro atoms. The molecule has 3 rings (SSSR count). The summed E-state index contributed by atoms with van der Waals surface area (Å²) in [5, 5.41) is 1.58. The number of amides is 1. The van der Waals surface area contributed by atoms with Gasteiger partial charge in [-0.05, 0) is 46.1 Å². The van der Waals surface area contributed by atoms with E-state index in [0.29, 0.717) is 15.9 Å². The van der Waals surface area contributed by atoms with E-state index in [1.807, 2.05) is 43.3 Å². The molecule has 0 aliphatic carbocycles. The molecule has 0 radical (unpaired) electrons. The molecule has 1 aromatic heterocycles. The van der Waals surface area contributed by atoms with Gasteiger partial charge in [0.05, 0.1) is 5.02 Å². The van der Waals surface area contributed by atoms with Crippen LogP contribution in [-0.2, 0) is 0 Å². The number of carbonyl (C=O) groups excluding carboxylic acids is 1. The first kappa shape index (κ1) is 19.6. The molecule has 4 nitrogen and oxygen atoms in total. The van der Waals surface area contributed by atoms with Gasteiger partial charge < -0.3 is 9.80 Å². The summed E-state index contributed by atoms with van der Waals surface area (Å²) in [7, 11) is 4.09. The molecule has 1 aliphatic rings. The van der Waals surface area contributed by atoms with Gasteiger partial charge in [-0.1, -0.05) is 36.7 Å². The number of rotatable bonds is 7. The van der Waals surface area contributed by atoms with Crippen molar-refractivity contribution in [3.63, 3.8) is 0 Å². The summed E-state index contributed by atoms with van der Waals surface area (Å²) in [4.78, 5) is 20.6. The Kier molecular flexibility index (Phi) is 6.56. The molecule has 1 saturated heterocycles. The maximum atomic E-state index is 13.3. The fourth-order valence-electron chi connectivity index (χ4n) is 3.66. The highest BCUT2D eigenvalue weighted by atomic mass is 35.5. The van der Waals surface area contributed by atoms with Gasteiger partial charge in [0.15, 0.2) is 0 Å². The quantitative estimate of drug-likeness (QED) is 0.710. The summed E-state index contributed by atoms with van der Waals surface area (Å²) in [6, 6.07) is 8.44. The van der Waals surface area contributed by atoms with Gasteiger partial charge in [-0.15, -0.1) is 11.3 Å². The summed E-state index contributed by atoms with van der Waals surface area (Å²) in [5.74, 6) is 0.0704. The molecule has 26 heavy (non-hydrogen) atoms. The fourth-order valence-corrected chi connectivity index (χ4v) is 5.14. The van der Waals surface area contributed by atoms with Crippen LogP contribution in [0.1, 0.15) is 29.4 Å². The highest BCUT2D eigenvalue weighted by molar-refractivity contribution is 7.21. The van der Waals surface area contributed by atoms with Gasteiger partial charge in [-0.25, -0.2) is 0 Å². The second kappa shape index (κ2) is 8.70. The number of benzene rings is 1. The number of halogens is 1. The van der Waals surface area contributed by atoms with Crippen molar-refractivity contribution in [2.24, 2.45) is 0 Å². The molecule has 2 heterocycles. The van der Waals surface area contributed by atoms with Crippen molar-refractivity contribution < 1.29 is 4.79 Å². The van der Waals surface area contributed by atoms with E-state index in [2.05, 4.69) is 16.7 Å². The minimum Gasteiger partial charge on any atom is -0.335 e. The Labute approximate surface area is 165 Å². The molecule has 0 N–H and O–H groups in total. The monoisotopic (exact) mass is 393 g/mol. The Balaban J connectivity index is 1.84. The highest BCUT2D eigenvalue weighted by Gasteiger charge is 2.29. The number of hydrogen-bond donors (Lipinski definition) is 0. The third-order valence-electron chi connectivity index (χ3n) is 5.17. The lowest BCUT2D eigenvalue weighted by Crippen LogP contribution is -2.45. The zero-order valence-electron chi connectivity index (χ0n) is 15.9. The maximum Gasteiger partial charge on any atom is 0.265 e. The molecule has 1 amide bonds. The van der Waals surface area contributed by atoms with E-state index in [1.165, 1.54) is 24.2 Å². The standard InChI is InChI=1S/C20H28ClN3OS/c1-4-23-11-7-8-15(23)14-24(13-12-22(2)3)20(25)19-18(21)16-9-5-6-10-17(16)26-19/h5-6,9-10,15H,4,7-8,11-14H2,1-3H3/t15-/m1/s1. The van der Waals surface area contributed by atoms with Crippen LogP contribution in [0.25, 0.3) is 10.1 Å². The number of hydrogen-bond acceptors (Lipinski definition) is 4. The Morgan fingerprint density at radius 1 is 1.31 bits per heavy atom. The third-order valence-corrected chi connectivity index (χ3v) is 6.83. The van der Waals surface area contributed by atoms with Crippen molar-refractivity contribution in [3.05, 3.63) is 34.2 Å². The predicted molar refractivity (Wildman–Crippen MR) is 112 cm³/mol. The Morgan fingerprint density at radius 2 is 2.08 bits per heavy atom. The summed E-state index contributed by atoms with van der Waals surface area (Å²) >= 11 is 8.08. The Bertz CT molecular complexity index is 761. The Hall–Kier alpha value is -1.14. The van der Waals surface area contributed by atoms with Crippen molar-refractivity contribution in [1.29, 1.82) is 0 Å². The number of likely N-dealkylation sites (N-methyl/N-ethyl adjacent to an activating group) is 2. The smallest absolute Gasteiger partial charge is 0.265 e. The van der Waals surface area contributed by atoms with Gasteiger partial charge in [-0.2, -0.15) is 0 Å². The second-order valence-corrected chi connectivity index (χ2v) is 8.65. The van der Waals surface area contributed by atoms with Crippen LogP contribution in [-0.4, -0.2) is 73.5 Å². The van der Waals surface area contributed by atoms with Crippen LogP contribution in [0.4, 0.5) is 0 Å². The first-order valence-corrected chi connectivity index (χ1v) is 10.6. The van der Waals surface area contributed by atoms with Crippen LogP contribution in [0.2, 0.25) is 5.02 Å². The van der Waals surface area contributed by atoms with E-state index in [4.69, 9.17) is 11.6 Å². The van der Waals surface area contributed by atoms with Crippen molar-refractivity contribution in [2.75, 3.05) is 46.8 Å². The van der Waals surface area contributed by atoms with Gasteiger partial charge in [-0.3, -0.25) is 9.69 Å². The van der Waals surface area contributed by atoms with Crippen LogP contribution in [0, 0.1) is 0 Å². The van der Waals surface area contributed by atoms with Crippen molar-refractivity contribution in [2.45, 2.75) is 25.8 Å². The molecule has 0 bridgehead atoms. The lowest BCUT2D eigenvalue weighted by molar-refractivity contribution is 0.0699. The van der Waals surface area contributed by atoms with Gasteiger partial charge in [0.2, 0.25) is 0 Å². The van der Waals surface area contributed by atoms with Gasteiger partial charge in [0, 0.05) is 35.8 Å². The Morgan fingerprint density at radius 3 is 2.77 bits per heavy atom. The summed E-state index contributed by atoms with van der Waals surface area (Å²) < 4.78 is 1.07. The van der Waals surface area contributed by atoms with E-state index in [1.54, 1.807) is 0 Å². The molecule has 0 saturated carbocycles. The first-order valence-electron chi connectivity index (χ1n) is 9.36. The largest absolute Gasteiger partial charge is 0.335 e. The van der Waals surface area contributed by atoms with Crippen molar-refractivity contribution >= 4 is 38.9 Å². The first-order chi connectivity index (χ1) is 12.5. The van der Waals surface area contributed by atoms with Gasteiger partial charge in [0.25, 0.3) is 5.91 Å². The molecule has 142 valence electrons. The minimum atomic E-state index is 0.0704. The van der Waals surface area contributed by atoms with Crippen LogP contribution in [0.3, 0.4) is 0 Å². The van der Waals surface area contributed by atoms with Gasteiger partial charge >= 0.3 is 0 Å². The molecular formula is C20H28ClN3OS. The van der Waals surface area contributed by atoms with E-state index in [0.717, 1.165) is 42.8 Å². The lowest BCUT2D eigenvalue weighted by Gasteiger charge is -2.31. The summed E-state index contributed by atoms with van der Waals surface area (Å²) in [6.45, 7) is 6.75. The maximum absolute atomic E-state index is 13.3.